The maximum absolute atomic E-state index is 5.05. The Labute approximate surface area is 78.6 Å². The van der Waals surface area contributed by atoms with E-state index in [0.29, 0.717) is 0 Å². The highest BCUT2D eigenvalue weighted by atomic mass is 16.5. The molecule has 0 bridgehead atoms. The van der Waals surface area contributed by atoms with Crippen molar-refractivity contribution in [2.45, 2.75) is 13.8 Å². The van der Waals surface area contributed by atoms with Crippen LogP contribution in [0.4, 0.5) is 0 Å². The second-order valence-corrected chi connectivity index (χ2v) is 2.98. The van der Waals surface area contributed by atoms with Crippen molar-refractivity contribution in [3.63, 3.8) is 0 Å². The molecule has 0 atom stereocenters. The van der Waals surface area contributed by atoms with Gasteiger partial charge in [0.05, 0.1) is 12.7 Å². The molecular weight excluding hydrogens is 162 g/mol. The third kappa shape index (κ3) is 3.14. The molecule has 2 nitrogen and oxygen atoms in total. The van der Waals surface area contributed by atoms with Crippen LogP contribution in [-0.2, 0) is 0 Å². The molecule has 13 heavy (non-hydrogen) atoms. The van der Waals surface area contributed by atoms with E-state index >= 15 is 0 Å². The van der Waals surface area contributed by atoms with Gasteiger partial charge in [0.25, 0.3) is 11.9 Å². The summed E-state index contributed by atoms with van der Waals surface area (Å²) in [6.07, 6.45) is 1.84. The first kappa shape index (κ1) is 9.56. The molecular formula is C11H14NO+. The zero-order valence-corrected chi connectivity index (χ0v) is 8.24. The van der Waals surface area contributed by atoms with Crippen molar-refractivity contribution in [3.05, 3.63) is 29.8 Å². The van der Waals surface area contributed by atoms with Gasteiger partial charge in [-0.1, -0.05) is 0 Å². The predicted molar refractivity (Wildman–Crippen MR) is 56.6 cm³/mol. The van der Waals surface area contributed by atoms with Crippen LogP contribution in [0.1, 0.15) is 19.4 Å². The Bertz CT molecular complexity index is 328. The zero-order valence-electron chi connectivity index (χ0n) is 8.24. The summed E-state index contributed by atoms with van der Waals surface area (Å²) in [6, 6.07) is 7.80. The average molecular weight is 176 g/mol. The molecule has 0 aromatic heterocycles. The first-order valence-electron chi connectivity index (χ1n) is 4.20. The molecule has 68 valence electrons. The van der Waals surface area contributed by atoms with Crippen LogP contribution in [0, 0.1) is 0 Å². The van der Waals surface area contributed by atoms with Gasteiger partial charge in [-0.2, -0.15) is 0 Å². The van der Waals surface area contributed by atoms with Crippen molar-refractivity contribution in [2.24, 2.45) is 0 Å². The molecule has 0 saturated heterocycles. The van der Waals surface area contributed by atoms with Crippen LogP contribution in [0.2, 0.25) is 0 Å². The third-order valence-corrected chi connectivity index (χ3v) is 1.59. The summed E-state index contributed by atoms with van der Waals surface area (Å²) < 4.78 is 9.25. The van der Waals surface area contributed by atoms with Gasteiger partial charge in [0.1, 0.15) is 5.75 Å². The lowest BCUT2D eigenvalue weighted by Gasteiger charge is -1.95. The summed E-state index contributed by atoms with van der Waals surface area (Å²) in [5.74, 6) is 0.870. The molecule has 1 aromatic carbocycles. The van der Waals surface area contributed by atoms with E-state index in [2.05, 4.69) is 4.67 Å². The van der Waals surface area contributed by atoms with Gasteiger partial charge in [-0.15, -0.1) is 4.67 Å². The number of rotatable bonds is 2. The van der Waals surface area contributed by atoms with E-state index in [9.17, 15) is 0 Å². The van der Waals surface area contributed by atoms with Crippen molar-refractivity contribution < 1.29 is 4.74 Å². The van der Waals surface area contributed by atoms with Crippen molar-refractivity contribution in [1.82, 2.24) is 4.67 Å². The van der Waals surface area contributed by atoms with E-state index in [1.807, 2.05) is 44.3 Å². The Morgan fingerprint density at radius 2 is 1.85 bits per heavy atom. The van der Waals surface area contributed by atoms with E-state index < -0.39 is 0 Å². The molecule has 1 aromatic rings. The standard InChI is InChI=1S/C11H14NO/c1-9(2)12-8-10-4-6-11(13-3)7-5-10/h4-8H,1-3H3/q+1. The fourth-order valence-electron chi connectivity index (χ4n) is 0.894. The van der Waals surface area contributed by atoms with Gasteiger partial charge >= 0.3 is 0 Å². The number of benzene rings is 1. The molecule has 0 radical (unpaired) electrons. The summed E-state index contributed by atoms with van der Waals surface area (Å²) in [4.78, 5) is 0. The van der Waals surface area contributed by atoms with Crippen LogP contribution in [0.5, 0.6) is 5.75 Å². The number of hydrogen-bond acceptors (Lipinski definition) is 1. The van der Waals surface area contributed by atoms with Gasteiger partial charge in [-0.05, 0) is 24.3 Å². The third-order valence-electron chi connectivity index (χ3n) is 1.59. The molecule has 0 aliphatic heterocycles. The molecule has 0 fully saturated rings. The van der Waals surface area contributed by atoms with Crippen molar-refractivity contribution in [3.8, 4) is 5.75 Å². The maximum atomic E-state index is 5.05. The van der Waals surface area contributed by atoms with Crippen molar-refractivity contribution >= 4 is 11.9 Å². The average Bonchev–Trinajstić information content (AvgIpc) is 2.15. The molecule has 0 aliphatic rings. The van der Waals surface area contributed by atoms with Gasteiger partial charge < -0.3 is 4.74 Å². The maximum Gasteiger partial charge on any atom is 0.299 e. The minimum absolute atomic E-state index is 0.870. The van der Waals surface area contributed by atoms with E-state index in [1.54, 1.807) is 7.11 Å². The monoisotopic (exact) mass is 176 g/mol. The minimum Gasteiger partial charge on any atom is -0.497 e. The van der Waals surface area contributed by atoms with E-state index in [0.717, 1.165) is 17.0 Å². The molecule has 2 heteroatoms. The first-order valence-corrected chi connectivity index (χ1v) is 4.20. The van der Waals surface area contributed by atoms with Gasteiger partial charge in [0, 0.05) is 13.8 Å². The van der Waals surface area contributed by atoms with Crippen LogP contribution in [-0.4, -0.2) is 19.0 Å². The number of nitrogens with zero attached hydrogens (tertiary/aromatic N) is 1. The fourth-order valence-corrected chi connectivity index (χ4v) is 0.894. The van der Waals surface area contributed by atoms with Crippen LogP contribution in [0.3, 0.4) is 0 Å². The number of ether oxygens (including phenoxy) is 1. The lowest BCUT2D eigenvalue weighted by atomic mass is 10.2. The van der Waals surface area contributed by atoms with Gasteiger partial charge in [-0.25, -0.2) is 0 Å². The fraction of sp³-hybridized carbons (Fsp3) is 0.273. The second kappa shape index (κ2) is 4.48. The van der Waals surface area contributed by atoms with Gasteiger partial charge in [0.2, 0.25) is 0 Å². The molecule has 0 heterocycles. The Hall–Kier alpha value is -1.53. The smallest absolute Gasteiger partial charge is 0.299 e. The molecule has 1 rings (SSSR count). The lowest BCUT2D eigenvalue weighted by Crippen LogP contribution is -1.91. The molecule has 0 unspecified atom stereocenters. The summed E-state index contributed by atoms with van der Waals surface area (Å²) in [5, 5.41) is 0. The largest absolute Gasteiger partial charge is 0.497 e. The summed E-state index contributed by atoms with van der Waals surface area (Å²) in [6.45, 7) is 3.94. The lowest BCUT2D eigenvalue weighted by molar-refractivity contribution is 0.415. The van der Waals surface area contributed by atoms with E-state index in [4.69, 9.17) is 4.74 Å². The number of methoxy groups -OCH3 is 1. The Balaban J connectivity index is 2.87. The predicted octanol–water partition coefficient (Wildman–Crippen LogP) is 1.66. The zero-order chi connectivity index (χ0) is 9.68. The molecule has 0 spiro atoms. The highest BCUT2D eigenvalue weighted by Crippen LogP contribution is 2.09. The summed E-state index contributed by atoms with van der Waals surface area (Å²) in [5.41, 5.74) is 2.14. The Morgan fingerprint density at radius 3 is 2.31 bits per heavy atom. The van der Waals surface area contributed by atoms with Crippen LogP contribution in [0.25, 0.3) is 0 Å². The first-order chi connectivity index (χ1) is 6.22. The van der Waals surface area contributed by atoms with E-state index in [-0.39, 0.29) is 0 Å². The van der Waals surface area contributed by atoms with Crippen LogP contribution in [0.15, 0.2) is 24.3 Å². The van der Waals surface area contributed by atoms with Crippen LogP contribution >= 0.6 is 0 Å². The SMILES string of the molecule is COc1ccc(C=[N+]=C(C)C)cc1. The molecule has 0 amide bonds. The highest BCUT2D eigenvalue weighted by Gasteiger charge is 1.94. The van der Waals surface area contributed by atoms with E-state index in [1.165, 1.54) is 0 Å². The number of hydrogen-bond donors (Lipinski definition) is 0. The molecule has 0 aliphatic carbocycles. The quantitative estimate of drug-likeness (QED) is 0.496. The topological polar surface area (TPSA) is 23.3 Å². The summed E-state index contributed by atoms with van der Waals surface area (Å²) in [7, 11) is 1.66. The van der Waals surface area contributed by atoms with Crippen molar-refractivity contribution in [1.29, 1.82) is 0 Å². The van der Waals surface area contributed by atoms with Gasteiger partial charge in [0.15, 0.2) is 0 Å². The molecule has 0 saturated carbocycles. The highest BCUT2D eigenvalue weighted by molar-refractivity contribution is 5.87. The molecule has 0 N–H and O–H groups in total. The Morgan fingerprint density at radius 1 is 1.23 bits per heavy atom. The second-order valence-electron chi connectivity index (χ2n) is 2.98. The minimum atomic E-state index is 0.870. The van der Waals surface area contributed by atoms with Gasteiger partial charge in [-0.3, -0.25) is 0 Å². The normalized spacial score (nSPS) is 8.85. The van der Waals surface area contributed by atoms with Crippen molar-refractivity contribution in [2.75, 3.05) is 7.11 Å². The Kier molecular flexibility index (Phi) is 3.30. The van der Waals surface area contributed by atoms with Crippen LogP contribution < -0.4 is 9.40 Å². The summed E-state index contributed by atoms with van der Waals surface area (Å²) >= 11 is 0.